The summed E-state index contributed by atoms with van der Waals surface area (Å²) in [6.45, 7) is 0. The van der Waals surface area contributed by atoms with Gasteiger partial charge in [0.25, 0.3) is 5.91 Å². The van der Waals surface area contributed by atoms with Gasteiger partial charge in [0, 0.05) is 11.6 Å². The number of furan rings is 1. The number of carboxylic acids is 1. The van der Waals surface area contributed by atoms with Gasteiger partial charge in [-0.3, -0.25) is 4.79 Å². The molecule has 1 aromatic carbocycles. The van der Waals surface area contributed by atoms with E-state index in [1.54, 1.807) is 0 Å². The van der Waals surface area contributed by atoms with Crippen LogP contribution < -0.4 is 5.32 Å². The van der Waals surface area contributed by atoms with Crippen molar-refractivity contribution in [3.63, 3.8) is 0 Å². The first kappa shape index (κ1) is 15.8. The number of aromatic carboxylic acids is 1. The molecule has 0 saturated carbocycles. The number of fused-ring (bicyclic) bond motifs is 1. The first-order chi connectivity index (χ1) is 11.9. The van der Waals surface area contributed by atoms with E-state index in [9.17, 15) is 14.4 Å². The second-order valence-corrected chi connectivity index (χ2v) is 4.82. The SMILES string of the molecule is N#Cc1ccc(C(=O)Nc2nn(C(=O)O)c3cc(C(=O)O)oc23)cc1. The number of anilines is 1. The molecular formula is C15H8N4O6. The number of nitrogens with zero attached hydrogens (tertiary/aromatic N) is 3. The molecule has 2 heterocycles. The van der Waals surface area contributed by atoms with Gasteiger partial charge < -0.3 is 19.9 Å². The number of benzene rings is 1. The van der Waals surface area contributed by atoms with Gasteiger partial charge in [-0.2, -0.15) is 9.94 Å². The lowest BCUT2D eigenvalue weighted by Crippen LogP contribution is -2.14. The van der Waals surface area contributed by atoms with E-state index in [1.807, 2.05) is 6.07 Å². The summed E-state index contributed by atoms with van der Waals surface area (Å²) < 4.78 is 5.56. The number of aromatic nitrogens is 2. The minimum Gasteiger partial charge on any atom is -0.475 e. The van der Waals surface area contributed by atoms with E-state index >= 15 is 0 Å². The van der Waals surface area contributed by atoms with E-state index in [0.717, 1.165) is 6.07 Å². The lowest BCUT2D eigenvalue weighted by atomic mass is 10.1. The Bertz CT molecular complexity index is 1050. The maximum absolute atomic E-state index is 12.2. The highest BCUT2D eigenvalue weighted by Crippen LogP contribution is 2.27. The molecule has 0 aliphatic carbocycles. The van der Waals surface area contributed by atoms with Crippen LogP contribution in [0.15, 0.2) is 34.7 Å². The third-order valence-corrected chi connectivity index (χ3v) is 3.26. The summed E-state index contributed by atoms with van der Waals surface area (Å²) in [6, 6.07) is 8.60. The van der Waals surface area contributed by atoms with Gasteiger partial charge in [0.1, 0.15) is 5.52 Å². The Morgan fingerprint density at radius 2 is 1.88 bits per heavy atom. The molecule has 0 aliphatic rings. The molecule has 10 nitrogen and oxygen atoms in total. The van der Waals surface area contributed by atoms with E-state index in [4.69, 9.17) is 19.9 Å². The molecule has 0 unspecified atom stereocenters. The van der Waals surface area contributed by atoms with Crippen LogP contribution in [0.25, 0.3) is 11.1 Å². The van der Waals surface area contributed by atoms with Crippen molar-refractivity contribution >= 4 is 34.9 Å². The predicted molar refractivity (Wildman–Crippen MR) is 81.5 cm³/mol. The number of hydrogen-bond donors (Lipinski definition) is 3. The molecule has 0 bridgehead atoms. The Hall–Kier alpha value is -4.13. The number of carbonyl (C=O) groups is 3. The van der Waals surface area contributed by atoms with Gasteiger partial charge in [0.15, 0.2) is 11.4 Å². The summed E-state index contributed by atoms with van der Waals surface area (Å²) in [5, 5.41) is 32.9. The number of rotatable bonds is 3. The molecule has 25 heavy (non-hydrogen) atoms. The highest BCUT2D eigenvalue weighted by molar-refractivity contribution is 6.08. The fourth-order valence-corrected chi connectivity index (χ4v) is 2.12. The van der Waals surface area contributed by atoms with Gasteiger partial charge in [-0.05, 0) is 24.3 Å². The van der Waals surface area contributed by atoms with Crippen molar-refractivity contribution in [3.8, 4) is 6.07 Å². The van der Waals surface area contributed by atoms with Crippen LogP contribution in [0.3, 0.4) is 0 Å². The van der Waals surface area contributed by atoms with Crippen LogP contribution in [0.4, 0.5) is 10.6 Å². The smallest absolute Gasteiger partial charge is 0.432 e. The van der Waals surface area contributed by atoms with Crippen molar-refractivity contribution in [2.24, 2.45) is 0 Å². The summed E-state index contributed by atoms with van der Waals surface area (Å²) >= 11 is 0. The zero-order chi connectivity index (χ0) is 18.1. The van der Waals surface area contributed by atoms with Gasteiger partial charge in [0.05, 0.1) is 11.6 Å². The molecule has 1 amide bonds. The molecule has 0 aliphatic heterocycles. The molecule has 3 N–H and O–H groups in total. The van der Waals surface area contributed by atoms with E-state index in [2.05, 4.69) is 10.4 Å². The van der Waals surface area contributed by atoms with Crippen LogP contribution in [0.5, 0.6) is 0 Å². The van der Waals surface area contributed by atoms with Gasteiger partial charge in [-0.15, -0.1) is 5.10 Å². The molecular weight excluding hydrogens is 332 g/mol. The second-order valence-electron chi connectivity index (χ2n) is 4.82. The number of nitriles is 1. The number of carbonyl (C=O) groups excluding carboxylic acids is 1. The van der Waals surface area contributed by atoms with Gasteiger partial charge in [-0.1, -0.05) is 0 Å². The van der Waals surface area contributed by atoms with E-state index in [-0.39, 0.29) is 22.5 Å². The average Bonchev–Trinajstić information content (AvgIpc) is 3.15. The second kappa shape index (κ2) is 5.82. The maximum Gasteiger partial charge on any atom is 0.432 e. The standard InChI is InChI=1S/C15H8N4O6/c16-6-7-1-3-8(4-2-7)13(20)17-12-11-9(19(18-12)15(23)24)5-10(25-11)14(21)22/h1-5H,(H,21,22)(H,23,24)(H,17,18,20). The molecule has 3 rings (SSSR count). The van der Waals surface area contributed by atoms with Crippen LogP contribution in [0.2, 0.25) is 0 Å². The predicted octanol–water partition coefficient (Wildman–Crippen LogP) is 1.98. The van der Waals surface area contributed by atoms with Crippen molar-refractivity contribution in [1.29, 1.82) is 5.26 Å². The normalized spacial score (nSPS) is 10.4. The van der Waals surface area contributed by atoms with Crippen molar-refractivity contribution in [3.05, 3.63) is 47.2 Å². The Morgan fingerprint density at radius 1 is 1.20 bits per heavy atom. The lowest BCUT2D eigenvalue weighted by molar-refractivity contribution is 0.0665. The zero-order valence-corrected chi connectivity index (χ0v) is 12.3. The van der Waals surface area contributed by atoms with Gasteiger partial charge in [0.2, 0.25) is 5.76 Å². The maximum atomic E-state index is 12.2. The molecule has 0 radical (unpaired) electrons. The van der Waals surface area contributed by atoms with Gasteiger partial charge in [-0.25, -0.2) is 9.59 Å². The third-order valence-electron chi connectivity index (χ3n) is 3.26. The molecule has 0 saturated heterocycles. The van der Waals surface area contributed by atoms with E-state index < -0.39 is 23.7 Å². The topological polar surface area (TPSA) is 158 Å². The number of amides is 1. The van der Waals surface area contributed by atoms with Crippen LogP contribution in [-0.4, -0.2) is 38.0 Å². The quantitative estimate of drug-likeness (QED) is 0.652. The minimum absolute atomic E-state index is 0.111. The van der Waals surface area contributed by atoms with Crippen molar-refractivity contribution in [2.75, 3.05) is 5.32 Å². The summed E-state index contributed by atoms with van der Waals surface area (Å²) in [4.78, 5) is 34.4. The van der Waals surface area contributed by atoms with Crippen molar-refractivity contribution in [1.82, 2.24) is 9.78 Å². The van der Waals surface area contributed by atoms with E-state index in [1.165, 1.54) is 24.3 Å². The first-order valence-corrected chi connectivity index (χ1v) is 6.71. The Labute approximate surface area is 138 Å². The lowest BCUT2D eigenvalue weighted by Gasteiger charge is -2.02. The largest absolute Gasteiger partial charge is 0.475 e. The van der Waals surface area contributed by atoms with Crippen LogP contribution >= 0.6 is 0 Å². The summed E-state index contributed by atoms with van der Waals surface area (Å²) in [5.41, 5.74) is 0.273. The third kappa shape index (κ3) is 2.77. The Kier molecular flexibility index (Phi) is 3.67. The number of nitrogens with one attached hydrogen (secondary N) is 1. The summed E-state index contributed by atoms with van der Waals surface area (Å²) in [6.07, 6.45) is -1.47. The van der Waals surface area contributed by atoms with E-state index in [0.29, 0.717) is 10.2 Å². The molecule has 3 aromatic rings. The highest BCUT2D eigenvalue weighted by Gasteiger charge is 2.23. The minimum atomic E-state index is -1.47. The first-order valence-electron chi connectivity index (χ1n) is 6.71. The Balaban J connectivity index is 1.99. The molecule has 0 atom stereocenters. The zero-order valence-electron chi connectivity index (χ0n) is 12.3. The summed E-state index contributed by atoms with van der Waals surface area (Å²) in [7, 11) is 0. The fraction of sp³-hybridized carbons (Fsp3) is 0. The monoisotopic (exact) mass is 340 g/mol. The van der Waals surface area contributed by atoms with Crippen molar-refractivity contribution in [2.45, 2.75) is 0 Å². The number of carboxylic acid groups (broad SMARTS) is 2. The fourth-order valence-electron chi connectivity index (χ4n) is 2.12. The van der Waals surface area contributed by atoms with Crippen molar-refractivity contribution < 1.29 is 29.0 Å². The van der Waals surface area contributed by atoms with Gasteiger partial charge >= 0.3 is 12.1 Å². The average molecular weight is 340 g/mol. The van der Waals surface area contributed by atoms with Crippen LogP contribution in [0, 0.1) is 11.3 Å². The molecule has 124 valence electrons. The molecule has 10 heteroatoms. The molecule has 2 aromatic heterocycles. The van der Waals surface area contributed by atoms with Crippen LogP contribution in [-0.2, 0) is 0 Å². The molecule has 0 spiro atoms. The Morgan fingerprint density at radius 3 is 2.44 bits per heavy atom. The summed E-state index contributed by atoms with van der Waals surface area (Å²) in [5.74, 6) is -2.75. The highest BCUT2D eigenvalue weighted by atomic mass is 16.4. The van der Waals surface area contributed by atoms with Crippen LogP contribution in [0.1, 0.15) is 26.5 Å². The molecule has 0 fully saturated rings. The number of hydrogen-bond acceptors (Lipinski definition) is 6.